The Hall–Kier alpha value is -4.73. The van der Waals surface area contributed by atoms with Crippen molar-refractivity contribution in [1.82, 2.24) is 19.5 Å². The molecule has 0 aliphatic rings. The number of carbonyl (C=O) groups excluding carboxylic acids is 2. The normalized spacial score (nSPS) is 13.2. The van der Waals surface area contributed by atoms with E-state index < -0.39 is 81.1 Å². The number of rotatable bonds is 6. The lowest BCUT2D eigenvalue weighted by Crippen LogP contribution is -2.49. The number of aromatic nitrogens is 3. The molecule has 16 heteroatoms. The molecule has 0 fully saturated rings. The van der Waals surface area contributed by atoms with Crippen LogP contribution in [0.2, 0.25) is 0 Å². The Labute approximate surface area is 244 Å². The zero-order valence-electron chi connectivity index (χ0n) is 23.2. The van der Waals surface area contributed by atoms with Crippen LogP contribution in [0.15, 0.2) is 54.7 Å². The third-order valence-electron chi connectivity index (χ3n) is 6.14. The maximum absolute atomic E-state index is 16.0. The average Bonchev–Trinajstić information content (AvgIpc) is 3.29. The van der Waals surface area contributed by atoms with Crippen LogP contribution >= 0.6 is 0 Å². The fourth-order valence-corrected chi connectivity index (χ4v) is 4.17. The van der Waals surface area contributed by atoms with Crippen LogP contribution in [-0.2, 0) is 10.9 Å². The number of amides is 2. The highest BCUT2D eigenvalue weighted by Gasteiger charge is 2.47. The molecule has 0 aliphatic carbocycles. The Kier molecular flexibility index (Phi) is 8.34. The summed E-state index contributed by atoms with van der Waals surface area (Å²) in [6, 6.07) is 6.61. The molecular formula is C28H24F7N5O4. The Bertz CT molecular complexity index is 1720. The summed E-state index contributed by atoms with van der Waals surface area (Å²) in [5.74, 6) is -9.34. The van der Waals surface area contributed by atoms with Crippen LogP contribution in [0.4, 0.5) is 41.5 Å². The monoisotopic (exact) mass is 627 g/mol. The van der Waals surface area contributed by atoms with E-state index in [1.54, 1.807) is 0 Å². The van der Waals surface area contributed by atoms with Crippen molar-refractivity contribution in [3.63, 3.8) is 0 Å². The Balaban J connectivity index is 1.85. The number of alkyl halides is 5. The fourth-order valence-electron chi connectivity index (χ4n) is 4.17. The van der Waals surface area contributed by atoms with Gasteiger partial charge in [-0.1, -0.05) is 18.2 Å². The van der Waals surface area contributed by atoms with Crippen LogP contribution in [-0.4, -0.2) is 54.7 Å². The highest BCUT2D eigenvalue weighted by molar-refractivity contribution is 6.05. The molecule has 0 bridgehead atoms. The van der Waals surface area contributed by atoms with Gasteiger partial charge in [-0.25, -0.2) is 31.8 Å². The summed E-state index contributed by atoms with van der Waals surface area (Å²) in [5.41, 5.74) is -0.677. The lowest BCUT2D eigenvalue weighted by atomic mass is 9.96. The number of benzene rings is 2. The van der Waals surface area contributed by atoms with Crippen molar-refractivity contribution in [2.75, 3.05) is 12.3 Å². The SMILES string of the molecule is CC(C)(C)OC(=O)N(CC(F)(F)[C@@H](O)c1ccc(F)cc1)C(=O)c1c(C(F)(F)F)ccc(-c2ccn3nc(N)nc3c2)c1F. The number of hydrogen-bond acceptors (Lipinski definition) is 7. The van der Waals surface area contributed by atoms with Crippen LogP contribution < -0.4 is 5.73 Å². The molecule has 0 aliphatic heterocycles. The van der Waals surface area contributed by atoms with Gasteiger partial charge >= 0.3 is 12.3 Å². The number of nitrogens with zero attached hydrogens (tertiary/aromatic N) is 4. The first-order valence-corrected chi connectivity index (χ1v) is 12.7. The van der Waals surface area contributed by atoms with Crippen LogP contribution in [0.3, 0.4) is 0 Å². The predicted octanol–water partition coefficient (Wildman–Crippen LogP) is 6.02. The van der Waals surface area contributed by atoms with E-state index in [0.717, 1.165) is 24.3 Å². The van der Waals surface area contributed by atoms with Gasteiger partial charge in [0.05, 0.1) is 17.7 Å². The minimum atomic E-state index is -5.38. The van der Waals surface area contributed by atoms with E-state index in [-0.39, 0.29) is 17.2 Å². The summed E-state index contributed by atoms with van der Waals surface area (Å²) in [7, 11) is 0. The average molecular weight is 628 g/mol. The van der Waals surface area contributed by atoms with Crippen molar-refractivity contribution < 1.29 is 50.2 Å². The fraction of sp³-hybridized carbons (Fsp3) is 0.286. The van der Waals surface area contributed by atoms with Gasteiger partial charge in [-0.3, -0.25) is 4.79 Å². The number of nitrogens with two attached hydrogens (primary N) is 1. The van der Waals surface area contributed by atoms with Crippen LogP contribution in [0.1, 0.15) is 48.4 Å². The lowest BCUT2D eigenvalue weighted by Gasteiger charge is -2.31. The zero-order chi connectivity index (χ0) is 32.8. The molecule has 0 saturated carbocycles. The van der Waals surface area contributed by atoms with Crippen molar-refractivity contribution in [2.45, 2.75) is 44.6 Å². The first kappa shape index (κ1) is 32.2. The Morgan fingerprint density at radius 1 is 1.02 bits per heavy atom. The number of pyridine rings is 1. The Morgan fingerprint density at radius 2 is 1.66 bits per heavy atom. The first-order chi connectivity index (χ1) is 20.3. The van der Waals surface area contributed by atoms with Gasteiger partial charge in [-0.15, -0.1) is 5.10 Å². The van der Waals surface area contributed by atoms with E-state index in [9.17, 15) is 32.3 Å². The number of aliphatic hydroxyl groups excluding tert-OH is 1. The Morgan fingerprint density at radius 3 is 2.25 bits per heavy atom. The summed E-state index contributed by atoms with van der Waals surface area (Å²) >= 11 is 0. The summed E-state index contributed by atoms with van der Waals surface area (Å²) in [6.07, 6.45) is -8.73. The number of ether oxygens (including phenoxy) is 1. The second kappa shape index (κ2) is 11.4. The van der Waals surface area contributed by atoms with Gasteiger partial charge in [0.2, 0.25) is 5.95 Å². The quantitative estimate of drug-likeness (QED) is 0.251. The molecule has 2 amide bonds. The molecule has 3 N–H and O–H groups in total. The zero-order valence-corrected chi connectivity index (χ0v) is 23.2. The molecule has 0 unspecified atom stereocenters. The van der Waals surface area contributed by atoms with Gasteiger partial charge in [0, 0.05) is 11.8 Å². The molecule has 4 aromatic rings. The smallest absolute Gasteiger partial charge is 0.417 e. The number of imide groups is 1. The summed E-state index contributed by atoms with van der Waals surface area (Å²) < 4.78 is 108. The molecular weight excluding hydrogens is 603 g/mol. The number of fused-ring (bicyclic) bond motifs is 1. The number of carbonyl (C=O) groups is 2. The predicted molar refractivity (Wildman–Crippen MR) is 141 cm³/mol. The van der Waals surface area contributed by atoms with E-state index in [1.807, 2.05) is 0 Å². The van der Waals surface area contributed by atoms with Gasteiger partial charge in [0.15, 0.2) is 5.65 Å². The second-order valence-corrected chi connectivity index (χ2v) is 10.6. The molecule has 44 heavy (non-hydrogen) atoms. The van der Waals surface area contributed by atoms with Gasteiger partial charge in [0.1, 0.15) is 23.3 Å². The molecule has 1 atom stereocenters. The van der Waals surface area contributed by atoms with E-state index in [0.29, 0.717) is 12.1 Å². The highest BCUT2D eigenvalue weighted by Crippen LogP contribution is 2.39. The largest absolute Gasteiger partial charge is 0.443 e. The summed E-state index contributed by atoms with van der Waals surface area (Å²) in [5, 5.41) is 14.2. The molecule has 234 valence electrons. The van der Waals surface area contributed by atoms with Crippen LogP contribution in [0.5, 0.6) is 0 Å². The number of nitrogen functional groups attached to an aromatic ring is 1. The van der Waals surface area contributed by atoms with E-state index in [4.69, 9.17) is 10.5 Å². The van der Waals surface area contributed by atoms with Gasteiger partial charge in [-0.05, 0) is 62.2 Å². The van der Waals surface area contributed by atoms with Gasteiger partial charge < -0.3 is 15.6 Å². The van der Waals surface area contributed by atoms with Gasteiger partial charge in [0.25, 0.3) is 11.8 Å². The highest BCUT2D eigenvalue weighted by atomic mass is 19.4. The van der Waals surface area contributed by atoms with Crippen LogP contribution in [0, 0.1) is 11.6 Å². The molecule has 2 heterocycles. The molecule has 0 saturated heterocycles. The maximum atomic E-state index is 16.0. The minimum absolute atomic E-state index is 0.0666. The van der Waals surface area contributed by atoms with Crippen molar-refractivity contribution in [1.29, 1.82) is 0 Å². The molecule has 2 aromatic carbocycles. The van der Waals surface area contributed by atoms with Gasteiger partial charge in [-0.2, -0.15) is 18.2 Å². The maximum Gasteiger partial charge on any atom is 0.417 e. The minimum Gasteiger partial charge on any atom is -0.443 e. The molecule has 0 spiro atoms. The second-order valence-electron chi connectivity index (χ2n) is 10.6. The standard InChI is InChI=1S/C28H24F7N5O4/c1-26(2,3)44-25(43)39(13-27(31,32)22(41)14-4-6-16(29)7-5-14)23(42)20-18(28(33,34)35)9-8-17(21(20)30)15-10-11-40-19(12-15)37-24(36)38-40/h4-12,22,41H,13H2,1-3H3,(H2,36,38)/t22-/m0/s1. The van der Waals surface area contributed by atoms with E-state index >= 15 is 13.2 Å². The number of halogens is 7. The summed E-state index contributed by atoms with van der Waals surface area (Å²) in [6.45, 7) is 1.82. The summed E-state index contributed by atoms with van der Waals surface area (Å²) in [4.78, 5) is 30.1. The van der Waals surface area contributed by atoms with E-state index in [1.165, 1.54) is 43.6 Å². The number of anilines is 1. The molecule has 9 nitrogen and oxygen atoms in total. The van der Waals surface area contributed by atoms with Crippen molar-refractivity contribution in [2.24, 2.45) is 0 Å². The van der Waals surface area contributed by atoms with E-state index in [2.05, 4.69) is 10.1 Å². The van der Waals surface area contributed by atoms with Crippen molar-refractivity contribution in [3.05, 3.63) is 83.1 Å². The molecule has 2 aromatic heterocycles. The van der Waals surface area contributed by atoms with Crippen molar-refractivity contribution in [3.8, 4) is 11.1 Å². The van der Waals surface area contributed by atoms with Crippen LogP contribution in [0.25, 0.3) is 16.8 Å². The first-order valence-electron chi connectivity index (χ1n) is 12.7. The molecule has 0 radical (unpaired) electrons. The lowest BCUT2D eigenvalue weighted by molar-refractivity contribution is -0.138. The topological polar surface area (TPSA) is 123 Å². The number of aliphatic hydroxyl groups is 1. The number of hydrogen-bond donors (Lipinski definition) is 2. The molecule has 4 rings (SSSR count). The third-order valence-corrected chi connectivity index (χ3v) is 6.14. The van der Waals surface area contributed by atoms with Crippen molar-refractivity contribution >= 4 is 23.6 Å². The third kappa shape index (κ3) is 6.74.